The summed E-state index contributed by atoms with van der Waals surface area (Å²) in [6, 6.07) is 9.51. The summed E-state index contributed by atoms with van der Waals surface area (Å²) in [5.74, 6) is 1.56. The molecular formula is C15H24N2O. The fourth-order valence-electron chi connectivity index (χ4n) is 2.59. The van der Waals surface area contributed by atoms with Crippen LogP contribution in [-0.2, 0) is 0 Å². The molecule has 1 aliphatic heterocycles. The standard InChI is InChI=1S/C15H24N2O/c1-11(2)15-9-16-12(3)10-17(15)13-5-7-14(18-4)8-6-13/h5-8,11-12,15-16H,9-10H2,1-4H3. The molecule has 0 bridgehead atoms. The second kappa shape index (κ2) is 5.61. The van der Waals surface area contributed by atoms with Gasteiger partial charge in [-0.15, -0.1) is 0 Å². The molecule has 1 aromatic carbocycles. The van der Waals surface area contributed by atoms with Crippen LogP contribution in [0.5, 0.6) is 5.75 Å². The van der Waals surface area contributed by atoms with E-state index >= 15 is 0 Å². The van der Waals surface area contributed by atoms with Crippen molar-refractivity contribution in [3.8, 4) is 5.75 Å². The van der Waals surface area contributed by atoms with Gasteiger partial charge in [-0.2, -0.15) is 0 Å². The van der Waals surface area contributed by atoms with Crippen LogP contribution >= 0.6 is 0 Å². The number of benzene rings is 1. The van der Waals surface area contributed by atoms with Gasteiger partial charge in [-0.3, -0.25) is 0 Å². The van der Waals surface area contributed by atoms with Crippen molar-refractivity contribution in [1.82, 2.24) is 5.32 Å². The summed E-state index contributed by atoms with van der Waals surface area (Å²) < 4.78 is 5.22. The Kier molecular flexibility index (Phi) is 4.12. The summed E-state index contributed by atoms with van der Waals surface area (Å²) in [7, 11) is 1.71. The highest BCUT2D eigenvalue weighted by molar-refractivity contribution is 5.50. The molecule has 2 unspecified atom stereocenters. The molecule has 100 valence electrons. The van der Waals surface area contributed by atoms with E-state index in [1.54, 1.807) is 7.11 Å². The Labute approximate surface area is 110 Å². The molecule has 0 amide bonds. The molecular weight excluding hydrogens is 224 g/mol. The minimum atomic E-state index is 0.544. The number of hydrogen-bond acceptors (Lipinski definition) is 3. The van der Waals surface area contributed by atoms with E-state index in [9.17, 15) is 0 Å². The van der Waals surface area contributed by atoms with E-state index in [4.69, 9.17) is 4.74 Å². The van der Waals surface area contributed by atoms with Crippen LogP contribution in [-0.4, -0.2) is 32.3 Å². The number of piperazine rings is 1. The second-order valence-electron chi connectivity index (χ2n) is 5.47. The average molecular weight is 248 g/mol. The van der Waals surface area contributed by atoms with Crippen LogP contribution < -0.4 is 15.0 Å². The van der Waals surface area contributed by atoms with Gasteiger partial charge in [-0.25, -0.2) is 0 Å². The lowest BCUT2D eigenvalue weighted by Gasteiger charge is -2.43. The van der Waals surface area contributed by atoms with Gasteiger partial charge in [0, 0.05) is 30.9 Å². The maximum Gasteiger partial charge on any atom is 0.119 e. The van der Waals surface area contributed by atoms with Crippen molar-refractivity contribution in [3.05, 3.63) is 24.3 Å². The van der Waals surface area contributed by atoms with Gasteiger partial charge in [0.05, 0.1) is 7.11 Å². The van der Waals surface area contributed by atoms with Crippen molar-refractivity contribution in [3.63, 3.8) is 0 Å². The van der Waals surface area contributed by atoms with Crippen molar-refractivity contribution >= 4 is 5.69 Å². The van der Waals surface area contributed by atoms with Crippen molar-refractivity contribution in [1.29, 1.82) is 0 Å². The first-order valence-corrected chi connectivity index (χ1v) is 6.76. The average Bonchev–Trinajstić information content (AvgIpc) is 2.38. The van der Waals surface area contributed by atoms with E-state index in [1.807, 2.05) is 12.1 Å². The zero-order valence-electron chi connectivity index (χ0n) is 11.8. The maximum atomic E-state index is 5.22. The number of rotatable bonds is 3. The van der Waals surface area contributed by atoms with E-state index in [0.29, 0.717) is 18.0 Å². The molecule has 3 nitrogen and oxygen atoms in total. The van der Waals surface area contributed by atoms with E-state index in [0.717, 1.165) is 18.8 Å². The maximum absolute atomic E-state index is 5.22. The lowest BCUT2D eigenvalue weighted by molar-refractivity contribution is 0.349. The third-order valence-corrected chi connectivity index (χ3v) is 3.72. The first-order chi connectivity index (χ1) is 8.61. The molecule has 0 radical (unpaired) electrons. The molecule has 3 heteroatoms. The lowest BCUT2D eigenvalue weighted by Crippen LogP contribution is -2.57. The molecule has 1 heterocycles. The number of ether oxygens (including phenoxy) is 1. The molecule has 0 saturated carbocycles. The largest absolute Gasteiger partial charge is 0.497 e. The first kappa shape index (κ1) is 13.2. The highest BCUT2D eigenvalue weighted by atomic mass is 16.5. The van der Waals surface area contributed by atoms with Gasteiger partial charge >= 0.3 is 0 Å². The summed E-state index contributed by atoms with van der Waals surface area (Å²) in [5.41, 5.74) is 1.29. The highest BCUT2D eigenvalue weighted by Crippen LogP contribution is 2.25. The van der Waals surface area contributed by atoms with Crippen LogP contribution in [0.4, 0.5) is 5.69 Å². The van der Waals surface area contributed by atoms with Gasteiger partial charge in [0.2, 0.25) is 0 Å². The van der Waals surface area contributed by atoms with Gasteiger partial charge in [0.15, 0.2) is 0 Å². The smallest absolute Gasteiger partial charge is 0.119 e. The molecule has 0 aromatic heterocycles. The monoisotopic (exact) mass is 248 g/mol. The summed E-state index contributed by atoms with van der Waals surface area (Å²) in [6.07, 6.45) is 0. The molecule has 1 fully saturated rings. The zero-order valence-corrected chi connectivity index (χ0v) is 11.8. The van der Waals surface area contributed by atoms with Gasteiger partial charge in [0.1, 0.15) is 5.75 Å². The molecule has 1 saturated heterocycles. The minimum absolute atomic E-state index is 0.544. The van der Waals surface area contributed by atoms with Crippen LogP contribution in [0.15, 0.2) is 24.3 Å². The first-order valence-electron chi connectivity index (χ1n) is 6.76. The van der Waals surface area contributed by atoms with Crippen molar-refractivity contribution in [2.75, 3.05) is 25.1 Å². The Balaban J connectivity index is 2.20. The molecule has 2 rings (SSSR count). The van der Waals surface area contributed by atoms with Gasteiger partial charge in [0.25, 0.3) is 0 Å². The van der Waals surface area contributed by atoms with Crippen LogP contribution in [0.2, 0.25) is 0 Å². The molecule has 0 spiro atoms. The molecule has 1 aliphatic rings. The fraction of sp³-hybridized carbons (Fsp3) is 0.600. The predicted molar refractivity (Wildman–Crippen MR) is 76.4 cm³/mol. The normalized spacial score (nSPS) is 24.4. The van der Waals surface area contributed by atoms with Gasteiger partial charge in [-0.05, 0) is 37.1 Å². The topological polar surface area (TPSA) is 24.5 Å². The predicted octanol–water partition coefficient (Wildman–Crippen LogP) is 2.52. The van der Waals surface area contributed by atoms with Crippen LogP contribution in [0.3, 0.4) is 0 Å². The second-order valence-corrected chi connectivity index (χ2v) is 5.47. The molecule has 0 aliphatic carbocycles. The minimum Gasteiger partial charge on any atom is -0.497 e. The molecule has 2 atom stereocenters. The van der Waals surface area contributed by atoms with Crippen molar-refractivity contribution in [2.24, 2.45) is 5.92 Å². The van der Waals surface area contributed by atoms with Crippen LogP contribution in [0.1, 0.15) is 20.8 Å². The van der Waals surface area contributed by atoms with Crippen molar-refractivity contribution in [2.45, 2.75) is 32.9 Å². The molecule has 1 aromatic rings. The summed E-state index contributed by atoms with van der Waals surface area (Å²) in [4.78, 5) is 2.52. The van der Waals surface area contributed by atoms with Crippen LogP contribution in [0.25, 0.3) is 0 Å². The Morgan fingerprint density at radius 2 is 1.94 bits per heavy atom. The zero-order chi connectivity index (χ0) is 13.1. The Bertz CT molecular complexity index is 375. The molecule has 18 heavy (non-hydrogen) atoms. The number of nitrogens with one attached hydrogen (secondary N) is 1. The van der Waals surface area contributed by atoms with E-state index in [-0.39, 0.29) is 0 Å². The van der Waals surface area contributed by atoms with E-state index in [2.05, 4.69) is 43.1 Å². The quantitative estimate of drug-likeness (QED) is 0.889. The number of nitrogens with zero attached hydrogens (tertiary/aromatic N) is 1. The third-order valence-electron chi connectivity index (χ3n) is 3.72. The third kappa shape index (κ3) is 2.78. The molecule has 1 N–H and O–H groups in total. The van der Waals surface area contributed by atoms with E-state index in [1.165, 1.54) is 5.69 Å². The summed E-state index contributed by atoms with van der Waals surface area (Å²) in [5, 5.41) is 3.57. The van der Waals surface area contributed by atoms with Crippen LogP contribution in [0, 0.1) is 5.92 Å². The van der Waals surface area contributed by atoms with E-state index < -0.39 is 0 Å². The lowest BCUT2D eigenvalue weighted by atomic mass is 9.98. The highest BCUT2D eigenvalue weighted by Gasteiger charge is 2.28. The number of methoxy groups -OCH3 is 1. The number of hydrogen-bond donors (Lipinski definition) is 1. The van der Waals surface area contributed by atoms with Gasteiger partial charge in [-0.1, -0.05) is 13.8 Å². The van der Waals surface area contributed by atoms with Gasteiger partial charge < -0.3 is 15.0 Å². The van der Waals surface area contributed by atoms with Crippen molar-refractivity contribution < 1.29 is 4.74 Å². The summed E-state index contributed by atoms with van der Waals surface area (Å²) in [6.45, 7) is 8.95. The SMILES string of the molecule is COc1ccc(N2CC(C)NCC2C(C)C)cc1. The Hall–Kier alpha value is -1.22. The number of anilines is 1. The fourth-order valence-corrected chi connectivity index (χ4v) is 2.59. The Morgan fingerprint density at radius 3 is 2.50 bits per heavy atom. The summed E-state index contributed by atoms with van der Waals surface area (Å²) >= 11 is 0. The Morgan fingerprint density at radius 1 is 1.28 bits per heavy atom.